The number of nitrogens with zero attached hydrogens (tertiary/aromatic N) is 3. The number of anilines is 1. The Balaban J connectivity index is 2.14. The first-order valence-corrected chi connectivity index (χ1v) is 7.36. The van der Waals surface area contributed by atoms with Gasteiger partial charge in [0.25, 0.3) is 0 Å². The van der Waals surface area contributed by atoms with Crippen LogP contribution < -0.4 is 10.2 Å². The first kappa shape index (κ1) is 14.3. The van der Waals surface area contributed by atoms with Crippen molar-refractivity contribution in [2.24, 2.45) is 5.92 Å². The van der Waals surface area contributed by atoms with Gasteiger partial charge in [0.1, 0.15) is 11.6 Å². The largest absolute Gasteiger partial charge is 0.354 e. The van der Waals surface area contributed by atoms with Crippen molar-refractivity contribution in [2.75, 3.05) is 24.5 Å². The van der Waals surface area contributed by atoms with Gasteiger partial charge in [0, 0.05) is 24.3 Å². The second kappa shape index (κ2) is 6.33. The highest BCUT2D eigenvalue weighted by Gasteiger charge is 2.20. The molecule has 106 valence electrons. The van der Waals surface area contributed by atoms with Gasteiger partial charge in [-0.1, -0.05) is 0 Å². The highest BCUT2D eigenvalue weighted by molar-refractivity contribution is 5.40. The number of hydrogen-bond donors (Lipinski definition) is 1. The zero-order chi connectivity index (χ0) is 13.8. The van der Waals surface area contributed by atoms with Gasteiger partial charge < -0.3 is 10.2 Å². The fourth-order valence-corrected chi connectivity index (χ4v) is 2.76. The summed E-state index contributed by atoms with van der Waals surface area (Å²) < 4.78 is 0. The van der Waals surface area contributed by atoms with Crippen LogP contribution in [-0.2, 0) is 0 Å². The second-order valence-electron chi connectivity index (χ2n) is 5.85. The maximum absolute atomic E-state index is 4.62. The van der Waals surface area contributed by atoms with E-state index in [1.54, 1.807) is 0 Å². The summed E-state index contributed by atoms with van der Waals surface area (Å²) in [5.74, 6) is 2.73. The molecule has 0 radical (unpaired) electrons. The quantitative estimate of drug-likeness (QED) is 0.904. The van der Waals surface area contributed by atoms with E-state index in [1.807, 2.05) is 13.8 Å². The van der Waals surface area contributed by atoms with Gasteiger partial charge in [0.15, 0.2) is 0 Å². The molecule has 4 heteroatoms. The van der Waals surface area contributed by atoms with E-state index >= 15 is 0 Å². The molecule has 2 rings (SSSR count). The lowest BCUT2D eigenvalue weighted by Crippen LogP contribution is -2.40. The molecule has 0 bridgehead atoms. The smallest absolute Gasteiger partial charge is 0.132 e. The van der Waals surface area contributed by atoms with E-state index < -0.39 is 0 Å². The molecule has 2 heterocycles. The summed E-state index contributed by atoms with van der Waals surface area (Å²) in [6, 6.07) is 2.58. The molecule has 1 aromatic heterocycles. The van der Waals surface area contributed by atoms with Crippen LogP contribution in [0.15, 0.2) is 6.07 Å². The number of rotatable bonds is 4. The zero-order valence-electron chi connectivity index (χ0n) is 12.6. The molecule has 1 aliphatic rings. The molecule has 0 saturated carbocycles. The van der Waals surface area contributed by atoms with Crippen molar-refractivity contribution >= 4 is 5.82 Å². The average Bonchev–Trinajstić information content (AvgIpc) is 2.35. The van der Waals surface area contributed by atoms with Crippen LogP contribution in [0.1, 0.15) is 38.2 Å². The van der Waals surface area contributed by atoms with Gasteiger partial charge in [0.05, 0.1) is 0 Å². The predicted molar refractivity (Wildman–Crippen MR) is 79.6 cm³/mol. The standard InChI is InChI=1S/C15H26N4/c1-11(2)19(10-14-5-7-16-8-6-14)15-9-12(3)17-13(4)18-15/h9,11,14,16H,5-8,10H2,1-4H3. The monoisotopic (exact) mass is 262 g/mol. The fraction of sp³-hybridized carbons (Fsp3) is 0.733. The molecule has 0 aliphatic carbocycles. The molecule has 4 nitrogen and oxygen atoms in total. The summed E-state index contributed by atoms with van der Waals surface area (Å²) in [5, 5.41) is 3.43. The Morgan fingerprint density at radius 1 is 1.26 bits per heavy atom. The summed E-state index contributed by atoms with van der Waals surface area (Å²) in [4.78, 5) is 11.4. The van der Waals surface area contributed by atoms with Crippen LogP contribution in [0.2, 0.25) is 0 Å². The van der Waals surface area contributed by atoms with E-state index in [2.05, 4.69) is 40.1 Å². The third-order valence-corrected chi connectivity index (χ3v) is 3.78. The Labute approximate surface area is 116 Å². The minimum absolute atomic E-state index is 0.476. The Morgan fingerprint density at radius 3 is 2.53 bits per heavy atom. The zero-order valence-corrected chi connectivity index (χ0v) is 12.6. The van der Waals surface area contributed by atoms with Crippen LogP contribution in [0.5, 0.6) is 0 Å². The summed E-state index contributed by atoms with van der Waals surface area (Å²) in [6.45, 7) is 11.9. The van der Waals surface area contributed by atoms with Gasteiger partial charge in [-0.2, -0.15) is 0 Å². The van der Waals surface area contributed by atoms with Crippen LogP contribution in [0.3, 0.4) is 0 Å². The van der Waals surface area contributed by atoms with Crippen molar-refractivity contribution in [3.8, 4) is 0 Å². The first-order valence-electron chi connectivity index (χ1n) is 7.36. The lowest BCUT2D eigenvalue weighted by molar-refractivity contribution is 0.367. The van der Waals surface area contributed by atoms with E-state index in [0.29, 0.717) is 6.04 Å². The van der Waals surface area contributed by atoms with E-state index in [1.165, 1.54) is 12.8 Å². The van der Waals surface area contributed by atoms with Gasteiger partial charge in [-0.25, -0.2) is 9.97 Å². The lowest BCUT2D eigenvalue weighted by Gasteiger charge is -2.33. The molecule has 0 aromatic carbocycles. The number of nitrogens with one attached hydrogen (secondary N) is 1. The molecule has 1 N–H and O–H groups in total. The Kier molecular flexibility index (Phi) is 4.75. The van der Waals surface area contributed by atoms with Crippen LogP contribution in [-0.4, -0.2) is 35.6 Å². The fourth-order valence-electron chi connectivity index (χ4n) is 2.76. The van der Waals surface area contributed by atoms with Gasteiger partial charge in [-0.3, -0.25) is 0 Å². The minimum Gasteiger partial charge on any atom is -0.354 e. The third-order valence-electron chi connectivity index (χ3n) is 3.78. The van der Waals surface area contributed by atoms with Crippen molar-refractivity contribution in [2.45, 2.75) is 46.6 Å². The maximum atomic E-state index is 4.62. The lowest BCUT2D eigenvalue weighted by atomic mass is 9.97. The molecule has 0 amide bonds. The number of hydrogen-bond acceptors (Lipinski definition) is 4. The van der Waals surface area contributed by atoms with Crippen molar-refractivity contribution in [3.05, 3.63) is 17.6 Å². The Bertz CT molecular complexity index is 390. The average molecular weight is 262 g/mol. The van der Waals surface area contributed by atoms with Crippen molar-refractivity contribution < 1.29 is 0 Å². The predicted octanol–water partition coefficient (Wildman–Crippen LogP) is 2.31. The Hall–Kier alpha value is -1.16. The molecular weight excluding hydrogens is 236 g/mol. The van der Waals surface area contributed by atoms with E-state index in [-0.39, 0.29) is 0 Å². The molecule has 19 heavy (non-hydrogen) atoms. The maximum Gasteiger partial charge on any atom is 0.132 e. The van der Waals surface area contributed by atoms with Crippen LogP contribution in [0, 0.1) is 19.8 Å². The van der Waals surface area contributed by atoms with Crippen molar-refractivity contribution in [1.29, 1.82) is 0 Å². The molecule has 1 saturated heterocycles. The van der Waals surface area contributed by atoms with Gasteiger partial charge >= 0.3 is 0 Å². The van der Waals surface area contributed by atoms with Crippen molar-refractivity contribution in [3.63, 3.8) is 0 Å². The molecule has 1 aromatic rings. The van der Waals surface area contributed by atoms with Crippen molar-refractivity contribution in [1.82, 2.24) is 15.3 Å². The number of piperidine rings is 1. The van der Waals surface area contributed by atoms with E-state index in [0.717, 1.165) is 42.9 Å². The summed E-state index contributed by atoms with van der Waals surface area (Å²) in [7, 11) is 0. The SMILES string of the molecule is Cc1cc(N(CC2CCNCC2)C(C)C)nc(C)n1. The second-order valence-corrected chi connectivity index (χ2v) is 5.85. The topological polar surface area (TPSA) is 41.0 Å². The van der Waals surface area contributed by atoms with Crippen LogP contribution in [0.25, 0.3) is 0 Å². The highest BCUT2D eigenvalue weighted by Crippen LogP contribution is 2.21. The molecule has 1 fully saturated rings. The van der Waals surface area contributed by atoms with Crippen LogP contribution >= 0.6 is 0 Å². The highest BCUT2D eigenvalue weighted by atomic mass is 15.2. The molecule has 0 spiro atoms. The van der Waals surface area contributed by atoms with Gasteiger partial charge in [-0.05, 0) is 59.5 Å². The number of aryl methyl sites for hydroxylation is 2. The van der Waals surface area contributed by atoms with E-state index in [9.17, 15) is 0 Å². The summed E-state index contributed by atoms with van der Waals surface area (Å²) in [6.07, 6.45) is 2.54. The normalized spacial score (nSPS) is 16.9. The molecule has 1 aliphatic heterocycles. The molecular formula is C15H26N4. The molecule has 0 unspecified atom stereocenters. The van der Waals surface area contributed by atoms with E-state index in [4.69, 9.17) is 0 Å². The first-order chi connectivity index (χ1) is 9.06. The molecule has 0 atom stereocenters. The summed E-state index contributed by atoms with van der Waals surface area (Å²) >= 11 is 0. The Morgan fingerprint density at radius 2 is 1.95 bits per heavy atom. The van der Waals surface area contributed by atoms with Crippen LogP contribution in [0.4, 0.5) is 5.82 Å². The summed E-state index contributed by atoms with van der Waals surface area (Å²) in [5.41, 5.74) is 1.05. The third kappa shape index (κ3) is 3.90. The number of aromatic nitrogens is 2. The van der Waals surface area contributed by atoms with Gasteiger partial charge in [0.2, 0.25) is 0 Å². The minimum atomic E-state index is 0.476. The van der Waals surface area contributed by atoms with Gasteiger partial charge in [-0.15, -0.1) is 0 Å².